The van der Waals surface area contributed by atoms with E-state index in [4.69, 9.17) is 0 Å². The predicted octanol–water partition coefficient (Wildman–Crippen LogP) is 3.33. The normalized spacial score (nSPS) is 12.7. The van der Waals surface area contributed by atoms with Crippen molar-refractivity contribution in [1.29, 1.82) is 0 Å². The third-order valence-electron chi connectivity index (χ3n) is 3.59. The summed E-state index contributed by atoms with van der Waals surface area (Å²) in [6.45, 7) is 2.63. The van der Waals surface area contributed by atoms with Crippen molar-refractivity contribution in [2.24, 2.45) is 0 Å². The molecule has 1 N–H and O–H groups in total. The predicted molar refractivity (Wildman–Crippen MR) is 80.5 cm³/mol. The zero-order valence-corrected chi connectivity index (χ0v) is 11.5. The first-order valence-corrected chi connectivity index (χ1v) is 6.96. The zero-order valence-electron chi connectivity index (χ0n) is 11.5. The van der Waals surface area contributed by atoms with Crippen molar-refractivity contribution in [2.75, 3.05) is 0 Å². The number of aliphatic hydroxyl groups excluding tert-OH is 1. The van der Waals surface area contributed by atoms with Gasteiger partial charge in [0.15, 0.2) is 0 Å². The molecule has 0 fully saturated rings. The van der Waals surface area contributed by atoms with Gasteiger partial charge < -0.3 is 9.67 Å². The number of fused-ring (bicyclic) bond motifs is 1. The van der Waals surface area contributed by atoms with Gasteiger partial charge in [0, 0.05) is 6.42 Å². The lowest BCUT2D eigenvalue weighted by atomic mass is 10.1. The molecular weight excluding hydrogens is 248 g/mol. The van der Waals surface area contributed by atoms with Crippen molar-refractivity contribution >= 4 is 11.0 Å². The summed E-state index contributed by atoms with van der Waals surface area (Å²) >= 11 is 0. The molecule has 102 valence electrons. The molecule has 3 heteroatoms. The van der Waals surface area contributed by atoms with Gasteiger partial charge in [-0.2, -0.15) is 0 Å². The Kier molecular flexibility index (Phi) is 3.52. The van der Waals surface area contributed by atoms with Crippen LogP contribution in [0.2, 0.25) is 0 Å². The fourth-order valence-electron chi connectivity index (χ4n) is 2.55. The quantitative estimate of drug-likeness (QED) is 0.786. The van der Waals surface area contributed by atoms with Crippen molar-refractivity contribution in [3.63, 3.8) is 0 Å². The Bertz CT molecular complexity index is 703. The van der Waals surface area contributed by atoms with E-state index in [0.29, 0.717) is 6.54 Å². The number of nitrogens with zero attached hydrogens (tertiary/aromatic N) is 2. The number of aryl methyl sites for hydroxylation is 1. The van der Waals surface area contributed by atoms with E-state index in [2.05, 4.69) is 22.5 Å². The Hall–Kier alpha value is -2.13. The Morgan fingerprint density at radius 2 is 1.75 bits per heavy atom. The molecular formula is C17H18N2O. The van der Waals surface area contributed by atoms with Crippen molar-refractivity contribution in [1.82, 2.24) is 9.55 Å². The SMILES string of the molecule is CCc1nc2ccccc2n1C[C@H](O)c1ccccc1. The van der Waals surface area contributed by atoms with E-state index in [1.807, 2.05) is 48.5 Å². The Balaban J connectivity index is 1.98. The highest BCUT2D eigenvalue weighted by Crippen LogP contribution is 2.21. The molecule has 0 saturated heterocycles. The van der Waals surface area contributed by atoms with Crippen LogP contribution < -0.4 is 0 Å². The van der Waals surface area contributed by atoms with Gasteiger partial charge in [-0.05, 0) is 17.7 Å². The Morgan fingerprint density at radius 3 is 2.50 bits per heavy atom. The van der Waals surface area contributed by atoms with Crippen LogP contribution >= 0.6 is 0 Å². The zero-order chi connectivity index (χ0) is 13.9. The number of hydrogen-bond acceptors (Lipinski definition) is 2. The van der Waals surface area contributed by atoms with Crippen LogP contribution in [0.4, 0.5) is 0 Å². The van der Waals surface area contributed by atoms with Crippen LogP contribution in [0.3, 0.4) is 0 Å². The minimum Gasteiger partial charge on any atom is -0.387 e. The molecule has 20 heavy (non-hydrogen) atoms. The topological polar surface area (TPSA) is 38.0 Å². The highest BCUT2D eigenvalue weighted by Gasteiger charge is 2.14. The summed E-state index contributed by atoms with van der Waals surface area (Å²) in [5, 5.41) is 10.4. The number of aromatic nitrogens is 2. The molecule has 0 amide bonds. The number of imidazole rings is 1. The first-order chi connectivity index (χ1) is 9.79. The molecule has 0 bridgehead atoms. The molecule has 3 nitrogen and oxygen atoms in total. The van der Waals surface area contributed by atoms with Crippen LogP contribution in [-0.2, 0) is 13.0 Å². The lowest BCUT2D eigenvalue weighted by Crippen LogP contribution is -2.11. The minimum absolute atomic E-state index is 0.515. The van der Waals surface area contributed by atoms with Gasteiger partial charge in [0.1, 0.15) is 5.82 Å². The summed E-state index contributed by atoms with van der Waals surface area (Å²) in [5.74, 6) is 1.01. The summed E-state index contributed by atoms with van der Waals surface area (Å²) in [7, 11) is 0. The van der Waals surface area contributed by atoms with Crippen LogP contribution in [0.25, 0.3) is 11.0 Å². The fourth-order valence-corrected chi connectivity index (χ4v) is 2.55. The molecule has 3 aromatic rings. The highest BCUT2D eigenvalue weighted by atomic mass is 16.3. The van der Waals surface area contributed by atoms with Crippen LogP contribution in [0, 0.1) is 0 Å². The van der Waals surface area contributed by atoms with Crippen LogP contribution in [0.15, 0.2) is 54.6 Å². The van der Waals surface area contributed by atoms with Crippen molar-refractivity contribution in [2.45, 2.75) is 26.0 Å². The third kappa shape index (κ3) is 2.32. The Labute approximate surface area is 118 Å². The van der Waals surface area contributed by atoms with Gasteiger partial charge in [0.05, 0.1) is 23.7 Å². The molecule has 1 atom stereocenters. The van der Waals surface area contributed by atoms with Gasteiger partial charge in [-0.15, -0.1) is 0 Å². The van der Waals surface area contributed by atoms with E-state index in [0.717, 1.165) is 28.8 Å². The first kappa shape index (κ1) is 12.9. The number of benzene rings is 2. The molecule has 2 aromatic carbocycles. The fraction of sp³-hybridized carbons (Fsp3) is 0.235. The highest BCUT2D eigenvalue weighted by molar-refractivity contribution is 5.75. The van der Waals surface area contributed by atoms with Gasteiger partial charge >= 0.3 is 0 Å². The van der Waals surface area contributed by atoms with Gasteiger partial charge in [0.2, 0.25) is 0 Å². The average Bonchev–Trinajstić information content (AvgIpc) is 2.86. The second-order valence-electron chi connectivity index (χ2n) is 4.91. The number of aliphatic hydroxyl groups is 1. The van der Waals surface area contributed by atoms with Gasteiger partial charge in [0.25, 0.3) is 0 Å². The molecule has 0 spiro atoms. The maximum atomic E-state index is 10.4. The van der Waals surface area contributed by atoms with Crippen LogP contribution in [0.5, 0.6) is 0 Å². The summed E-state index contributed by atoms with van der Waals surface area (Å²) in [4.78, 5) is 4.63. The van der Waals surface area contributed by atoms with E-state index >= 15 is 0 Å². The number of hydrogen-bond donors (Lipinski definition) is 1. The summed E-state index contributed by atoms with van der Waals surface area (Å²) in [6, 6.07) is 17.8. The molecule has 0 unspecified atom stereocenters. The van der Waals surface area contributed by atoms with E-state index in [1.165, 1.54) is 0 Å². The van der Waals surface area contributed by atoms with E-state index < -0.39 is 6.10 Å². The minimum atomic E-state index is -0.515. The van der Waals surface area contributed by atoms with Crippen molar-refractivity contribution < 1.29 is 5.11 Å². The smallest absolute Gasteiger partial charge is 0.109 e. The number of rotatable bonds is 4. The van der Waals surface area contributed by atoms with E-state index in [9.17, 15) is 5.11 Å². The van der Waals surface area contributed by atoms with Crippen LogP contribution in [-0.4, -0.2) is 14.7 Å². The lowest BCUT2D eigenvalue weighted by molar-refractivity contribution is 0.157. The average molecular weight is 266 g/mol. The lowest BCUT2D eigenvalue weighted by Gasteiger charge is -2.14. The van der Waals surface area contributed by atoms with E-state index in [1.54, 1.807) is 0 Å². The molecule has 0 radical (unpaired) electrons. The molecule has 0 saturated carbocycles. The van der Waals surface area contributed by atoms with Gasteiger partial charge in [-0.25, -0.2) is 4.98 Å². The largest absolute Gasteiger partial charge is 0.387 e. The molecule has 0 aliphatic heterocycles. The Morgan fingerprint density at radius 1 is 1.05 bits per heavy atom. The second kappa shape index (κ2) is 5.47. The standard InChI is InChI=1S/C17H18N2O/c1-2-17-18-14-10-6-7-11-15(14)19(17)12-16(20)13-8-4-3-5-9-13/h3-11,16,20H,2,12H2,1H3/t16-/m0/s1. The summed E-state index contributed by atoms with van der Waals surface area (Å²) in [5.41, 5.74) is 3.01. The van der Waals surface area contributed by atoms with Crippen LogP contribution in [0.1, 0.15) is 24.4 Å². The maximum absolute atomic E-state index is 10.4. The van der Waals surface area contributed by atoms with E-state index in [-0.39, 0.29) is 0 Å². The number of para-hydroxylation sites is 2. The van der Waals surface area contributed by atoms with Crippen molar-refractivity contribution in [3.05, 3.63) is 66.0 Å². The summed E-state index contributed by atoms with van der Waals surface area (Å²) < 4.78 is 2.12. The summed E-state index contributed by atoms with van der Waals surface area (Å²) in [6.07, 6.45) is 0.343. The molecule has 1 aromatic heterocycles. The molecule has 0 aliphatic rings. The molecule has 3 rings (SSSR count). The van der Waals surface area contributed by atoms with Gasteiger partial charge in [-0.3, -0.25) is 0 Å². The maximum Gasteiger partial charge on any atom is 0.109 e. The molecule has 0 aliphatic carbocycles. The third-order valence-corrected chi connectivity index (χ3v) is 3.59. The van der Waals surface area contributed by atoms with Gasteiger partial charge in [-0.1, -0.05) is 49.4 Å². The first-order valence-electron chi connectivity index (χ1n) is 6.96. The monoisotopic (exact) mass is 266 g/mol. The van der Waals surface area contributed by atoms with Crippen molar-refractivity contribution in [3.8, 4) is 0 Å². The second-order valence-corrected chi connectivity index (χ2v) is 4.91. The molecule has 1 heterocycles.